The normalized spacial score (nSPS) is 26.0. The van der Waals surface area contributed by atoms with Crippen molar-refractivity contribution in [3.8, 4) is 17.6 Å². The first-order chi connectivity index (χ1) is 9.95. The summed E-state index contributed by atoms with van der Waals surface area (Å²) in [4.78, 5) is 0. The zero-order chi connectivity index (χ0) is 15.5. The number of hydrogen-bond acceptors (Lipinski definition) is 3. The first-order valence-electron chi connectivity index (χ1n) is 7.65. The van der Waals surface area contributed by atoms with Gasteiger partial charge in [-0.1, -0.05) is 32.9 Å². The van der Waals surface area contributed by atoms with E-state index in [1.165, 1.54) is 0 Å². The van der Waals surface area contributed by atoms with Crippen LogP contribution >= 0.6 is 0 Å². The third kappa shape index (κ3) is 3.69. The molecule has 0 bridgehead atoms. The largest absolute Gasteiger partial charge is 0.493 e. The highest BCUT2D eigenvalue weighted by Crippen LogP contribution is 2.42. The lowest BCUT2D eigenvalue weighted by atomic mass is 9.69. The van der Waals surface area contributed by atoms with E-state index >= 15 is 0 Å². The maximum Gasteiger partial charge on any atom is 0.161 e. The molecule has 2 rings (SSSR count). The zero-order valence-corrected chi connectivity index (χ0v) is 13.4. The standard InChI is InChI=1S/C18H25NO2/c1-18(2,3)14-10-9-13(12-19)17(11-14)21-16-8-6-5-7-15(16)20-4/h5-8,13-14,17H,9-11H2,1-4H3. The molecule has 0 N–H and O–H groups in total. The van der Waals surface area contributed by atoms with Crippen LogP contribution < -0.4 is 9.47 Å². The third-order valence-electron chi connectivity index (χ3n) is 4.53. The van der Waals surface area contributed by atoms with E-state index in [0.717, 1.165) is 30.8 Å². The van der Waals surface area contributed by atoms with Crippen LogP contribution in [0.3, 0.4) is 0 Å². The number of para-hydroxylation sites is 2. The topological polar surface area (TPSA) is 42.2 Å². The number of methoxy groups -OCH3 is 1. The second kappa shape index (κ2) is 6.39. The molecule has 1 fully saturated rings. The second-order valence-corrected chi connectivity index (χ2v) is 6.92. The summed E-state index contributed by atoms with van der Waals surface area (Å²) in [7, 11) is 1.64. The van der Waals surface area contributed by atoms with E-state index in [1.807, 2.05) is 24.3 Å². The minimum atomic E-state index is -0.0516. The van der Waals surface area contributed by atoms with Crippen LogP contribution in [0.4, 0.5) is 0 Å². The summed E-state index contributed by atoms with van der Waals surface area (Å²) in [5.74, 6) is 2.02. The lowest BCUT2D eigenvalue weighted by molar-refractivity contribution is 0.0477. The molecular weight excluding hydrogens is 262 g/mol. The number of nitrogens with zero attached hydrogens (tertiary/aromatic N) is 1. The Labute approximate surface area is 127 Å². The Morgan fingerprint density at radius 3 is 2.38 bits per heavy atom. The molecule has 1 aliphatic rings. The van der Waals surface area contributed by atoms with Gasteiger partial charge in [-0.2, -0.15) is 5.26 Å². The van der Waals surface area contributed by atoms with Crippen LogP contribution in [0.15, 0.2) is 24.3 Å². The van der Waals surface area contributed by atoms with Crippen molar-refractivity contribution < 1.29 is 9.47 Å². The van der Waals surface area contributed by atoms with Gasteiger partial charge < -0.3 is 9.47 Å². The molecule has 1 aromatic rings. The summed E-state index contributed by atoms with van der Waals surface area (Å²) in [6.07, 6.45) is 2.90. The number of hydrogen-bond donors (Lipinski definition) is 0. The quantitative estimate of drug-likeness (QED) is 0.826. The van der Waals surface area contributed by atoms with Crippen molar-refractivity contribution in [2.45, 2.75) is 46.1 Å². The van der Waals surface area contributed by atoms with E-state index in [2.05, 4.69) is 26.8 Å². The molecule has 114 valence electrons. The van der Waals surface area contributed by atoms with Gasteiger partial charge in [-0.15, -0.1) is 0 Å². The minimum absolute atomic E-state index is 0.0338. The molecule has 3 unspecified atom stereocenters. The Hall–Kier alpha value is -1.69. The summed E-state index contributed by atoms with van der Waals surface area (Å²) >= 11 is 0. The molecule has 3 heteroatoms. The van der Waals surface area contributed by atoms with E-state index in [0.29, 0.717) is 5.92 Å². The average Bonchev–Trinajstić information content (AvgIpc) is 2.47. The fraction of sp³-hybridized carbons (Fsp3) is 0.611. The molecule has 0 aromatic heterocycles. The van der Waals surface area contributed by atoms with E-state index in [1.54, 1.807) is 7.11 Å². The van der Waals surface area contributed by atoms with Crippen molar-refractivity contribution in [1.29, 1.82) is 5.26 Å². The lowest BCUT2D eigenvalue weighted by Crippen LogP contribution is -2.37. The first kappa shape index (κ1) is 15.7. The number of nitriles is 1. The fourth-order valence-corrected chi connectivity index (χ4v) is 3.07. The molecule has 21 heavy (non-hydrogen) atoms. The van der Waals surface area contributed by atoms with Crippen LogP contribution in [0.25, 0.3) is 0 Å². The molecule has 3 atom stereocenters. The van der Waals surface area contributed by atoms with Gasteiger partial charge in [0.2, 0.25) is 0 Å². The zero-order valence-electron chi connectivity index (χ0n) is 13.4. The summed E-state index contributed by atoms with van der Waals surface area (Å²) in [5, 5.41) is 9.39. The first-order valence-corrected chi connectivity index (χ1v) is 7.65. The van der Waals surface area contributed by atoms with Crippen LogP contribution in [0, 0.1) is 28.6 Å². The van der Waals surface area contributed by atoms with Gasteiger partial charge >= 0.3 is 0 Å². The second-order valence-electron chi connectivity index (χ2n) is 6.92. The monoisotopic (exact) mass is 287 g/mol. The van der Waals surface area contributed by atoms with Gasteiger partial charge in [0.25, 0.3) is 0 Å². The molecule has 1 saturated carbocycles. The molecule has 1 aliphatic carbocycles. The van der Waals surface area contributed by atoms with Gasteiger partial charge in [-0.05, 0) is 42.7 Å². The molecule has 3 nitrogen and oxygen atoms in total. The minimum Gasteiger partial charge on any atom is -0.493 e. The highest BCUT2D eigenvalue weighted by atomic mass is 16.5. The Kier molecular flexibility index (Phi) is 4.77. The predicted octanol–water partition coefficient (Wildman–Crippen LogP) is 4.43. The van der Waals surface area contributed by atoms with Gasteiger partial charge in [0.15, 0.2) is 11.5 Å². The molecule has 0 spiro atoms. The van der Waals surface area contributed by atoms with Gasteiger partial charge in [0, 0.05) is 0 Å². The number of rotatable bonds is 3. The Morgan fingerprint density at radius 1 is 1.14 bits per heavy atom. The highest BCUT2D eigenvalue weighted by Gasteiger charge is 2.37. The van der Waals surface area contributed by atoms with Gasteiger partial charge in [-0.25, -0.2) is 0 Å². The Balaban J connectivity index is 2.16. The van der Waals surface area contributed by atoms with Crippen LogP contribution in [-0.2, 0) is 0 Å². The smallest absolute Gasteiger partial charge is 0.161 e. The predicted molar refractivity (Wildman–Crippen MR) is 83.3 cm³/mol. The molecule has 0 aliphatic heterocycles. The summed E-state index contributed by atoms with van der Waals surface area (Å²) < 4.78 is 11.5. The van der Waals surface area contributed by atoms with Gasteiger partial charge in [0.05, 0.1) is 19.1 Å². The van der Waals surface area contributed by atoms with Crippen LogP contribution in [-0.4, -0.2) is 13.2 Å². The van der Waals surface area contributed by atoms with Crippen molar-refractivity contribution in [2.24, 2.45) is 17.3 Å². The van der Waals surface area contributed by atoms with Crippen LogP contribution in [0.2, 0.25) is 0 Å². The van der Waals surface area contributed by atoms with Gasteiger partial charge in [-0.3, -0.25) is 0 Å². The molecule has 0 amide bonds. The summed E-state index contributed by atoms with van der Waals surface area (Å²) in [6, 6.07) is 10.1. The van der Waals surface area contributed by atoms with Crippen molar-refractivity contribution >= 4 is 0 Å². The van der Waals surface area contributed by atoms with E-state index < -0.39 is 0 Å². The fourth-order valence-electron chi connectivity index (χ4n) is 3.07. The number of benzene rings is 1. The van der Waals surface area contributed by atoms with Crippen molar-refractivity contribution in [3.63, 3.8) is 0 Å². The SMILES string of the molecule is COc1ccccc1OC1CC(C(C)(C)C)CCC1C#N. The molecular formula is C18H25NO2. The number of ether oxygens (including phenoxy) is 2. The summed E-state index contributed by atoms with van der Waals surface area (Å²) in [6.45, 7) is 6.81. The maximum atomic E-state index is 9.39. The van der Waals surface area contributed by atoms with Crippen LogP contribution in [0.5, 0.6) is 11.5 Å². The third-order valence-corrected chi connectivity index (χ3v) is 4.53. The van der Waals surface area contributed by atoms with E-state index in [-0.39, 0.29) is 17.4 Å². The van der Waals surface area contributed by atoms with E-state index in [4.69, 9.17) is 9.47 Å². The molecule has 0 radical (unpaired) electrons. The molecule has 0 heterocycles. The van der Waals surface area contributed by atoms with Crippen molar-refractivity contribution in [3.05, 3.63) is 24.3 Å². The Bertz CT molecular complexity index is 513. The Morgan fingerprint density at radius 2 is 1.81 bits per heavy atom. The van der Waals surface area contributed by atoms with Crippen molar-refractivity contribution in [2.75, 3.05) is 7.11 Å². The molecule has 1 aromatic carbocycles. The average molecular weight is 287 g/mol. The lowest BCUT2D eigenvalue weighted by Gasteiger charge is -2.39. The summed E-state index contributed by atoms with van der Waals surface area (Å²) in [5.41, 5.74) is 0.253. The van der Waals surface area contributed by atoms with Crippen LogP contribution in [0.1, 0.15) is 40.0 Å². The highest BCUT2D eigenvalue weighted by molar-refractivity contribution is 5.39. The van der Waals surface area contributed by atoms with Gasteiger partial charge in [0.1, 0.15) is 6.10 Å². The maximum absolute atomic E-state index is 9.39. The van der Waals surface area contributed by atoms with Crippen molar-refractivity contribution in [1.82, 2.24) is 0 Å². The molecule has 0 saturated heterocycles. The van der Waals surface area contributed by atoms with E-state index in [9.17, 15) is 5.26 Å².